The van der Waals surface area contributed by atoms with Gasteiger partial charge in [0.05, 0.1) is 6.20 Å². The van der Waals surface area contributed by atoms with E-state index < -0.39 is 5.82 Å². The number of rotatable bonds is 1. The number of nitrogen functional groups attached to an aromatic ring is 1. The highest BCUT2D eigenvalue weighted by Gasteiger charge is 2.11. The summed E-state index contributed by atoms with van der Waals surface area (Å²) < 4.78 is 15.0. The van der Waals surface area contributed by atoms with Gasteiger partial charge in [-0.15, -0.1) is 0 Å². The molecule has 0 unspecified atom stereocenters. The van der Waals surface area contributed by atoms with Crippen molar-refractivity contribution in [3.05, 3.63) is 36.5 Å². The molecule has 0 aliphatic heterocycles. The fraction of sp³-hybridized carbons (Fsp3) is 0.0833. The largest absolute Gasteiger partial charge is 0.381 e. The van der Waals surface area contributed by atoms with E-state index in [-0.39, 0.29) is 5.82 Å². The molecule has 3 aromatic heterocycles. The standard InChI is InChI=1S/C12H10FN5/c1-18-5-3-8-7(2-4-15-12(8)18)11-16-6-9(13)10(14)17-11/h2-6H,1H3,(H2,14,16,17). The maximum atomic E-state index is 13.1. The van der Waals surface area contributed by atoms with Crippen molar-refractivity contribution in [2.24, 2.45) is 7.05 Å². The summed E-state index contributed by atoms with van der Waals surface area (Å²) in [5.74, 6) is -0.370. The Hall–Kier alpha value is -2.50. The molecule has 0 atom stereocenters. The van der Waals surface area contributed by atoms with Crippen molar-refractivity contribution in [2.75, 3.05) is 5.73 Å². The summed E-state index contributed by atoms with van der Waals surface area (Å²) in [6, 6.07) is 3.70. The van der Waals surface area contributed by atoms with Crippen LogP contribution in [0.4, 0.5) is 10.2 Å². The van der Waals surface area contributed by atoms with E-state index in [1.165, 1.54) is 0 Å². The zero-order valence-electron chi connectivity index (χ0n) is 9.63. The summed E-state index contributed by atoms with van der Waals surface area (Å²) in [6.07, 6.45) is 4.64. The monoisotopic (exact) mass is 243 g/mol. The van der Waals surface area contributed by atoms with E-state index in [1.807, 2.05) is 23.9 Å². The van der Waals surface area contributed by atoms with E-state index in [2.05, 4.69) is 15.0 Å². The van der Waals surface area contributed by atoms with Crippen LogP contribution in [0.25, 0.3) is 22.4 Å². The quantitative estimate of drug-likeness (QED) is 0.707. The summed E-state index contributed by atoms with van der Waals surface area (Å²) >= 11 is 0. The maximum Gasteiger partial charge on any atom is 0.183 e. The fourth-order valence-electron chi connectivity index (χ4n) is 1.87. The van der Waals surface area contributed by atoms with E-state index in [4.69, 9.17) is 5.73 Å². The number of pyridine rings is 1. The molecule has 2 N–H and O–H groups in total. The van der Waals surface area contributed by atoms with Gasteiger partial charge in [0.25, 0.3) is 0 Å². The molecule has 3 aromatic rings. The molecule has 18 heavy (non-hydrogen) atoms. The molecule has 6 heteroatoms. The van der Waals surface area contributed by atoms with E-state index in [0.29, 0.717) is 5.82 Å². The topological polar surface area (TPSA) is 69.6 Å². The van der Waals surface area contributed by atoms with Gasteiger partial charge in [-0.25, -0.2) is 19.3 Å². The second kappa shape index (κ2) is 3.76. The molecule has 90 valence electrons. The highest BCUT2D eigenvalue weighted by atomic mass is 19.1. The Morgan fingerprint density at radius 1 is 1.28 bits per heavy atom. The Kier molecular flexibility index (Phi) is 2.22. The summed E-state index contributed by atoms with van der Waals surface area (Å²) in [6.45, 7) is 0. The first-order chi connectivity index (χ1) is 8.66. The lowest BCUT2D eigenvalue weighted by molar-refractivity contribution is 0.620. The Morgan fingerprint density at radius 2 is 2.11 bits per heavy atom. The molecule has 0 aliphatic carbocycles. The first-order valence-corrected chi connectivity index (χ1v) is 5.35. The van der Waals surface area contributed by atoms with Crippen molar-refractivity contribution < 1.29 is 4.39 Å². The van der Waals surface area contributed by atoms with Gasteiger partial charge >= 0.3 is 0 Å². The van der Waals surface area contributed by atoms with E-state index in [1.54, 1.807) is 12.3 Å². The molecule has 0 spiro atoms. The van der Waals surface area contributed by atoms with Crippen molar-refractivity contribution in [1.82, 2.24) is 19.5 Å². The van der Waals surface area contributed by atoms with Crippen LogP contribution in [0.1, 0.15) is 0 Å². The summed E-state index contributed by atoms with van der Waals surface area (Å²) in [7, 11) is 1.90. The van der Waals surface area contributed by atoms with Gasteiger partial charge in [-0.3, -0.25) is 0 Å². The predicted octanol–water partition coefficient (Wildman–Crippen LogP) is 1.75. The van der Waals surface area contributed by atoms with Crippen LogP contribution in [0.5, 0.6) is 0 Å². The number of hydrogen-bond acceptors (Lipinski definition) is 4. The number of halogens is 1. The van der Waals surface area contributed by atoms with Gasteiger partial charge in [0.2, 0.25) is 0 Å². The molecule has 0 bridgehead atoms. The first kappa shape index (κ1) is 10.6. The van der Waals surface area contributed by atoms with Crippen LogP contribution in [-0.2, 0) is 7.05 Å². The number of nitrogens with two attached hydrogens (primary N) is 1. The number of anilines is 1. The van der Waals surface area contributed by atoms with Crippen molar-refractivity contribution in [2.45, 2.75) is 0 Å². The van der Waals surface area contributed by atoms with Crippen LogP contribution >= 0.6 is 0 Å². The molecule has 0 aromatic carbocycles. The van der Waals surface area contributed by atoms with Gasteiger partial charge < -0.3 is 10.3 Å². The predicted molar refractivity (Wildman–Crippen MR) is 66.1 cm³/mol. The van der Waals surface area contributed by atoms with Crippen LogP contribution < -0.4 is 5.73 Å². The van der Waals surface area contributed by atoms with Crippen molar-refractivity contribution in [3.63, 3.8) is 0 Å². The normalized spacial score (nSPS) is 11.0. The molecule has 0 saturated carbocycles. The molecular formula is C12H10FN5. The molecule has 0 saturated heterocycles. The molecular weight excluding hydrogens is 233 g/mol. The van der Waals surface area contributed by atoms with Crippen molar-refractivity contribution in [3.8, 4) is 11.4 Å². The highest BCUT2D eigenvalue weighted by Crippen LogP contribution is 2.25. The van der Waals surface area contributed by atoms with Crippen molar-refractivity contribution >= 4 is 16.9 Å². The average Bonchev–Trinajstić information content (AvgIpc) is 2.75. The molecule has 0 amide bonds. The van der Waals surface area contributed by atoms with Gasteiger partial charge in [0.15, 0.2) is 17.5 Å². The van der Waals surface area contributed by atoms with Crippen LogP contribution in [0, 0.1) is 5.82 Å². The third-order valence-corrected chi connectivity index (χ3v) is 2.78. The van der Waals surface area contributed by atoms with Crippen LogP contribution in [-0.4, -0.2) is 19.5 Å². The summed E-state index contributed by atoms with van der Waals surface area (Å²) in [5, 5.41) is 0.908. The average molecular weight is 243 g/mol. The number of fused-ring (bicyclic) bond motifs is 1. The van der Waals surface area contributed by atoms with Gasteiger partial charge in [-0.1, -0.05) is 0 Å². The smallest absolute Gasteiger partial charge is 0.183 e. The number of aryl methyl sites for hydroxylation is 1. The van der Waals surface area contributed by atoms with Crippen LogP contribution in [0.3, 0.4) is 0 Å². The lowest BCUT2D eigenvalue weighted by Crippen LogP contribution is -1.99. The number of aromatic nitrogens is 4. The van der Waals surface area contributed by atoms with Gasteiger partial charge in [-0.05, 0) is 12.1 Å². The van der Waals surface area contributed by atoms with Gasteiger partial charge in [0.1, 0.15) is 5.65 Å². The fourth-order valence-corrected chi connectivity index (χ4v) is 1.87. The molecule has 5 nitrogen and oxygen atoms in total. The maximum absolute atomic E-state index is 13.1. The molecule has 0 aliphatic rings. The summed E-state index contributed by atoms with van der Waals surface area (Å²) in [5.41, 5.74) is 7.06. The summed E-state index contributed by atoms with van der Waals surface area (Å²) in [4.78, 5) is 12.2. The minimum absolute atomic E-state index is 0.152. The molecule has 3 rings (SSSR count). The van der Waals surface area contributed by atoms with E-state index in [0.717, 1.165) is 22.8 Å². The van der Waals surface area contributed by atoms with Crippen LogP contribution in [0.2, 0.25) is 0 Å². The second-order valence-electron chi connectivity index (χ2n) is 3.95. The van der Waals surface area contributed by atoms with Crippen molar-refractivity contribution in [1.29, 1.82) is 0 Å². The van der Waals surface area contributed by atoms with E-state index in [9.17, 15) is 4.39 Å². The third kappa shape index (κ3) is 1.50. The molecule has 0 radical (unpaired) electrons. The number of hydrogen-bond donors (Lipinski definition) is 1. The minimum atomic E-state index is -0.614. The zero-order chi connectivity index (χ0) is 12.7. The second-order valence-corrected chi connectivity index (χ2v) is 3.95. The SMILES string of the molecule is Cn1ccc2c(-c3ncc(F)c(N)n3)ccnc21. The lowest BCUT2D eigenvalue weighted by atomic mass is 10.2. The third-order valence-electron chi connectivity index (χ3n) is 2.78. The Labute approximate surface area is 102 Å². The molecule has 3 heterocycles. The minimum Gasteiger partial charge on any atom is -0.381 e. The lowest BCUT2D eigenvalue weighted by Gasteiger charge is -2.03. The van der Waals surface area contributed by atoms with E-state index >= 15 is 0 Å². The Bertz CT molecular complexity index is 734. The molecule has 0 fully saturated rings. The zero-order valence-corrected chi connectivity index (χ0v) is 9.63. The Morgan fingerprint density at radius 3 is 2.89 bits per heavy atom. The Balaban J connectivity index is 2.28. The van der Waals surface area contributed by atoms with Gasteiger partial charge in [-0.2, -0.15) is 0 Å². The first-order valence-electron chi connectivity index (χ1n) is 5.35. The van der Waals surface area contributed by atoms with Crippen LogP contribution in [0.15, 0.2) is 30.7 Å². The van der Waals surface area contributed by atoms with Gasteiger partial charge in [0, 0.05) is 30.4 Å². The highest BCUT2D eigenvalue weighted by molar-refractivity contribution is 5.91. The number of nitrogens with zero attached hydrogens (tertiary/aromatic N) is 4.